The molecule has 0 bridgehead atoms. The molecule has 5 rings (SSSR count). The summed E-state index contributed by atoms with van der Waals surface area (Å²) in [4.78, 5) is 29.2. The van der Waals surface area contributed by atoms with Gasteiger partial charge in [-0.05, 0) is 29.3 Å². The van der Waals surface area contributed by atoms with E-state index in [2.05, 4.69) is 4.98 Å². The fourth-order valence-electron chi connectivity index (χ4n) is 3.15. The first-order chi connectivity index (χ1) is 13.2. The van der Waals surface area contributed by atoms with E-state index in [9.17, 15) is 9.59 Å². The molecule has 0 unspecified atom stereocenters. The monoisotopic (exact) mass is 378 g/mol. The molecule has 0 atom stereocenters. The van der Waals surface area contributed by atoms with Crippen LogP contribution in [0.5, 0.6) is 11.5 Å². The first-order valence-electron chi connectivity index (χ1n) is 8.40. The highest BCUT2D eigenvalue weighted by atomic mass is 32.1. The number of benzene rings is 2. The number of thiophene rings is 1. The minimum Gasteiger partial charge on any atom is -0.454 e. The Morgan fingerprint density at radius 3 is 2.67 bits per heavy atom. The van der Waals surface area contributed by atoms with Crippen LogP contribution in [0.1, 0.15) is 5.56 Å². The molecule has 0 spiro atoms. The molecule has 1 aliphatic heterocycles. The summed E-state index contributed by atoms with van der Waals surface area (Å²) in [6.07, 6.45) is 0. The molecule has 0 aliphatic carbocycles. The molecule has 27 heavy (non-hydrogen) atoms. The van der Waals surface area contributed by atoms with Gasteiger partial charge in [-0.25, -0.2) is 4.79 Å². The average Bonchev–Trinajstić information content (AvgIpc) is 3.32. The third-order valence-electron chi connectivity index (χ3n) is 4.49. The average molecular weight is 378 g/mol. The van der Waals surface area contributed by atoms with Crippen molar-refractivity contribution in [1.29, 1.82) is 0 Å². The number of hydrogen-bond donors (Lipinski definition) is 1. The van der Waals surface area contributed by atoms with Crippen LogP contribution in [0.15, 0.2) is 64.2 Å². The van der Waals surface area contributed by atoms with Crippen molar-refractivity contribution in [3.8, 4) is 21.9 Å². The lowest BCUT2D eigenvalue weighted by Gasteiger charge is -2.06. The summed E-state index contributed by atoms with van der Waals surface area (Å²) in [6, 6.07) is 17.0. The Hall–Kier alpha value is -3.32. The number of hydrogen-bond acceptors (Lipinski definition) is 5. The van der Waals surface area contributed by atoms with Gasteiger partial charge in [0.05, 0.1) is 12.1 Å². The van der Waals surface area contributed by atoms with Crippen molar-refractivity contribution in [1.82, 2.24) is 9.55 Å². The molecule has 7 heteroatoms. The molecule has 0 saturated carbocycles. The molecule has 3 heterocycles. The molecule has 0 amide bonds. The molecule has 1 aliphatic rings. The largest absolute Gasteiger partial charge is 0.454 e. The van der Waals surface area contributed by atoms with E-state index < -0.39 is 5.69 Å². The van der Waals surface area contributed by atoms with Gasteiger partial charge in [0.1, 0.15) is 4.70 Å². The van der Waals surface area contributed by atoms with Crippen molar-refractivity contribution < 1.29 is 9.47 Å². The zero-order valence-corrected chi connectivity index (χ0v) is 14.9. The summed E-state index contributed by atoms with van der Waals surface area (Å²) in [5.74, 6) is 1.29. The smallest absolute Gasteiger partial charge is 0.329 e. The fraction of sp³-hybridized carbons (Fsp3) is 0.100. The van der Waals surface area contributed by atoms with Gasteiger partial charge in [0.15, 0.2) is 11.5 Å². The third-order valence-corrected chi connectivity index (χ3v) is 5.67. The van der Waals surface area contributed by atoms with Crippen LogP contribution in [0.2, 0.25) is 0 Å². The second kappa shape index (κ2) is 6.14. The number of rotatable bonds is 3. The normalized spacial score (nSPS) is 12.6. The number of nitrogens with one attached hydrogen (secondary N) is 1. The van der Waals surface area contributed by atoms with Gasteiger partial charge in [0.25, 0.3) is 5.56 Å². The van der Waals surface area contributed by atoms with E-state index in [0.717, 1.165) is 16.0 Å². The summed E-state index contributed by atoms with van der Waals surface area (Å²) >= 11 is 1.38. The molecule has 6 nitrogen and oxygen atoms in total. The predicted molar refractivity (Wildman–Crippen MR) is 104 cm³/mol. The molecule has 134 valence electrons. The van der Waals surface area contributed by atoms with E-state index in [0.29, 0.717) is 21.7 Å². The lowest BCUT2D eigenvalue weighted by molar-refractivity contribution is 0.174. The molecule has 0 fully saturated rings. The summed E-state index contributed by atoms with van der Waals surface area (Å²) in [6.45, 7) is 0.349. The third kappa shape index (κ3) is 2.72. The van der Waals surface area contributed by atoms with Gasteiger partial charge in [-0.1, -0.05) is 36.4 Å². The molecule has 2 aromatic heterocycles. The maximum Gasteiger partial charge on any atom is 0.329 e. The van der Waals surface area contributed by atoms with E-state index in [1.165, 1.54) is 15.9 Å². The second-order valence-corrected chi connectivity index (χ2v) is 7.28. The second-order valence-electron chi connectivity index (χ2n) is 6.23. The molecule has 0 radical (unpaired) electrons. The van der Waals surface area contributed by atoms with E-state index in [1.54, 1.807) is 12.1 Å². The van der Waals surface area contributed by atoms with Crippen molar-refractivity contribution >= 4 is 21.6 Å². The Kier molecular flexibility index (Phi) is 3.61. The Bertz CT molecular complexity index is 1270. The molecule has 0 saturated heterocycles. The minimum absolute atomic E-state index is 0.166. The number of aromatic nitrogens is 2. The van der Waals surface area contributed by atoms with Crippen LogP contribution in [-0.4, -0.2) is 16.3 Å². The Balaban J connectivity index is 1.59. The number of ether oxygens (including phenoxy) is 2. The van der Waals surface area contributed by atoms with Crippen LogP contribution in [0.3, 0.4) is 0 Å². The van der Waals surface area contributed by atoms with E-state index in [-0.39, 0.29) is 18.9 Å². The number of H-pyrrole nitrogens is 1. The number of nitrogens with zero attached hydrogens (tertiary/aromatic N) is 1. The summed E-state index contributed by atoms with van der Waals surface area (Å²) in [5.41, 5.74) is 1.66. The van der Waals surface area contributed by atoms with E-state index >= 15 is 0 Å². The molecule has 4 aromatic rings. The van der Waals surface area contributed by atoms with Crippen molar-refractivity contribution in [2.75, 3.05) is 6.79 Å². The Labute approximate surface area is 157 Å². The van der Waals surface area contributed by atoms with Crippen molar-refractivity contribution in [3.63, 3.8) is 0 Å². The van der Waals surface area contributed by atoms with Crippen LogP contribution < -0.4 is 20.7 Å². The summed E-state index contributed by atoms with van der Waals surface area (Å²) < 4.78 is 12.4. The highest BCUT2D eigenvalue weighted by Crippen LogP contribution is 2.33. The van der Waals surface area contributed by atoms with Crippen molar-refractivity contribution in [2.24, 2.45) is 0 Å². The van der Waals surface area contributed by atoms with Crippen LogP contribution in [0.25, 0.3) is 20.7 Å². The molecule has 2 aromatic carbocycles. The predicted octanol–water partition coefficient (Wildman–Crippen LogP) is 3.20. The van der Waals surface area contributed by atoms with Gasteiger partial charge in [-0.3, -0.25) is 9.36 Å². The number of fused-ring (bicyclic) bond motifs is 2. The van der Waals surface area contributed by atoms with Crippen molar-refractivity contribution in [3.05, 3.63) is 81.0 Å². The zero-order valence-electron chi connectivity index (χ0n) is 14.1. The Morgan fingerprint density at radius 1 is 1.00 bits per heavy atom. The summed E-state index contributed by atoms with van der Waals surface area (Å²) in [5, 5.41) is 0. The van der Waals surface area contributed by atoms with Crippen LogP contribution >= 0.6 is 11.3 Å². The van der Waals surface area contributed by atoms with Gasteiger partial charge >= 0.3 is 5.69 Å². The Morgan fingerprint density at radius 2 is 1.81 bits per heavy atom. The molecular weight excluding hydrogens is 364 g/mol. The van der Waals surface area contributed by atoms with Crippen molar-refractivity contribution in [2.45, 2.75) is 6.54 Å². The number of aromatic amines is 1. The maximum absolute atomic E-state index is 12.9. The topological polar surface area (TPSA) is 73.3 Å². The zero-order chi connectivity index (χ0) is 18.4. The van der Waals surface area contributed by atoms with Crippen LogP contribution in [-0.2, 0) is 6.54 Å². The van der Waals surface area contributed by atoms with Gasteiger partial charge < -0.3 is 14.5 Å². The first-order valence-corrected chi connectivity index (χ1v) is 9.21. The maximum atomic E-state index is 12.9. The lowest BCUT2D eigenvalue weighted by Crippen LogP contribution is -2.34. The van der Waals surface area contributed by atoms with E-state index in [4.69, 9.17) is 9.47 Å². The summed E-state index contributed by atoms with van der Waals surface area (Å²) in [7, 11) is 0. The van der Waals surface area contributed by atoms with E-state index in [1.807, 2.05) is 42.5 Å². The highest BCUT2D eigenvalue weighted by molar-refractivity contribution is 7.22. The quantitative estimate of drug-likeness (QED) is 0.594. The van der Waals surface area contributed by atoms with Crippen LogP contribution in [0.4, 0.5) is 0 Å². The van der Waals surface area contributed by atoms with Gasteiger partial charge in [0.2, 0.25) is 6.79 Å². The molecule has 1 N–H and O–H groups in total. The highest BCUT2D eigenvalue weighted by Gasteiger charge is 2.16. The SMILES string of the molecule is O=c1[nH]c2cc(-c3ccccc3)sc2c(=O)n1Cc1ccc2c(c1)OCO2. The standard InChI is InChI=1S/C20H14N2O4S/c23-19-18-14(9-17(27-18)13-4-2-1-3-5-13)21-20(24)22(19)10-12-6-7-15-16(8-12)26-11-25-15/h1-9H,10-11H2,(H,21,24). The van der Waals surface area contributed by atoms with Crippen LogP contribution in [0, 0.1) is 0 Å². The fourth-order valence-corrected chi connectivity index (χ4v) is 4.22. The van der Waals surface area contributed by atoms with Gasteiger partial charge in [-0.2, -0.15) is 0 Å². The first kappa shape index (κ1) is 15.9. The lowest BCUT2D eigenvalue weighted by atomic mass is 10.2. The molecular formula is C20H14N2O4S. The minimum atomic E-state index is -0.428. The van der Waals surface area contributed by atoms with Gasteiger partial charge in [0, 0.05) is 4.88 Å². The van der Waals surface area contributed by atoms with Gasteiger partial charge in [-0.15, -0.1) is 11.3 Å².